The average Bonchev–Trinajstić information content (AvgIpc) is 3.72. The quantitative estimate of drug-likeness (QED) is 0.432. The highest BCUT2D eigenvalue weighted by atomic mass is 35.5. The average molecular weight is 573 g/mol. The van der Waals surface area contributed by atoms with E-state index >= 15 is 0 Å². The predicted molar refractivity (Wildman–Crippen MR) is 142 cm³/mol. The Morgan fingerprint density at radius 2 is 2.00 bits per heavy atom. The van der Waals surface area contributed by atoms with Crippen LogP contribution in [0.1, 0.15) is 35.3 Å². The molecule has 2 aliphatic heterocycles. The van der Waals surface area contributed by atoms with Crippen molar-refractivity contribution in [1.82, 2.24) is 14.5 Å². The first-order valence-electron chi connectivity index (χ1n) is 12.8. The van der Waals surface area contributed by atoms with Crippen LogP contribution in [-0.4, -0.2) is 52.3 Å². The smallest absolute Gasteiger partial charge is 0.395 e. The molecule has 2 aromatic heterocycles. The maximum Gasteiger partial charge on any atom is 0.395 e. The molecular weight excluding hydrogens is 549 g/mol. The van der Waals surface area contributed by atoms with Gasteiger partial charge in [0.1, 0.15) is 22.5 Å². The molecule has 0 spiro atoms. The third kappa shape index (κ3) is 4.58. The molecule has 0 bridgehead atoms. The number of carbonyl (C=O) groups excluding carboxylic acids is 1. The molecule has 2 fully saturated rings. The molecule has 1 saturated heterocycles. The zero-order valence-electron chi connectivity index (χ0n) is 21.3. The van der Waals surface area contributed by atoms with Crippen LogP contribution >= 0.6 is 11.6 Å². The first kappa shape index (κ1) is 26.3. The second kappa shape index (κ2) is 9.59. The van der Waals surface area contributed by atoms with Crippen LogP contribution in [0.5, 0.6) is 5.75 Å². The van der Waals surface area contributed by atoms with Crippen molar-refractivity contribution in [3.8, 4) is 11.8 Å². The number of carbonyl (C=O) groups is 1. The minimum atomic E-state index is -4.38. The number of amides is 1. The monoisotopic (exact) mass is 572 g/mol. The van der Waals surface area contributed by atoms with Gasteiger partial charge in [0.15, 0.2) is 0 Å². The number of aryl methyl sites for hydroxylation is 1. The molecule has 1 aromatic carbocycles. The number of rotatable bonds is 4. The number of nitrogens with one attached hydrogen (secondary N) is 2. The number of alkyl halides is 3. The van der Waals surface area contributed by atoms with Crippen LogP contribution in [0.2, 0.25) is 5.15 Å². The molecule has 3 aliphatic rings. The molecule has 9 nitrogen and oxygen atoms in total. The molecule has 3 aromatic rings. The van der Waals surface area contributed by atoms with Gasteiger partial charge in [-0.1, -0.05) is 11.6 Å². The van der Waals surface area contributed by atoms with E-state index < -0.39 is 31.1 Å². The first-order valence-corrected chi connectivity index (χ1v) is 13.2. The molecule has 208 valence electrons. The van der Waals surface area contributed by atoms with Crippen molar-refractivity contribution in [2.45, 2.75) is 31.5 Å². The topological polar surface area (TPSA) is 112 Å². The number of likely N-dealkylation sites (tertiary alicyclic amines) is 1. The summed E-state index contributed by atoms with van der Waals surface area (Å²) in [5.41, 5.74) is 1.54. The van der Waals surface area contributed by atoms with Gasteiger partial charge >= 0.3 is 6.18 Å². The van der Waals surface area contributed by atoms with Crippen molar-refractivity contribution in [3.63, 3.8) is 0 Å². The number of nitrogens with zero attached hydrogens (tertiary/aromatic N) is 4. The van der Waals surface area contributed by atoms with Crippen molar-refractivity contribution < 1.29 is 22.7 Å². The zero-order chi connectivity index (χ0) is 28.3. The van der Waals surface area contributed by atoms with Crippen LogP contribution < -0.4 is 20.9 Å². The summed E-state index contributed by atoms with van der Waals surface area (Å²) in [4.78, 5) is 30.9. The SMILES string of the molecule is Cn1c(=O)c2c(c3cc(Nc4cc(C(=O)N5CC(C(F)(F)F)C5)nc(Cl)c4C#N)ccc31)N[C@@H](C1CC1)CCO2. The Morgan fingerprint density at radius 3 is 2.67 bits per heavy atom. The molecule has 0 unspecified atom stereocenters. The Morgan fingerprint density at radius 1 is 1.25 bits per heavy atom. The lowest BCUT2D eigenvalue weighted by Crippen LogP contribution is -2.55. The highest BCUT2D eigenvalue weighted by molar-refractivity contribution is 6.31. The van der Waals surface area contributed by atoms with E-state index in [0.29, 0.717) is 29.4 Å². The summed E-state index contributed by atoms with van der Waals surface area (Å²) in [5, 5.41) is 16.8. The van der Waals surface area contributed by atoms with Gasteiger partial charge in [-0.2, -0.15) is 18.4 Å². The van der Waals surface area contributed by atoms with E-state index in [-0.39, 0.29) is 39.4 Å². The van der Waals surface area contributed by atoms with Crippen molar-refractivity contribution in [1.29, 1.82) is 5.26 Å². The molecule has 1 atom stereocenters. The highest BCUT2D eigenvalue weighted by Gasteiger charge is 2.49. The molecule has 1 aliphatic carbocycles. The largest absolute Gasteiger partial charge is 0.486 e. The molecule has 13 heteroatoms. The molecule has 2 N–H and O–H groups in total. The van der Waals surface area contributed by atoms with Crippen molar-refractivity contribution in [3.05, 3.63) is 51.0 Å². The fourth-order valence-electron chi connectivity index (χ4n) is 5.27. The summed E-state index contributed by atoms with van der Waals surface area (Å²) in [5.74, 6) is -1.51. The van der Waals surface area contributed by atoms with Gasteiger partial charge in [0, 0.05) is 43.7 Å². The summed E-state index contributed by atoms with van der Waals surface area (Å²) in [6.45, 7) is -0.496. The van der Waals surface area contributed by atoms with Gasteiger partial charge in [-0.05, 0) is 43.0 Å². The van der Waals surface area contributed by atoms with E-state index in [4.69, 9.17) is 16.3 Å². The number of hydrogen-bond donors (Lipinski definition) is 2. The Hall–Kier alpha value is -3.98. The molecule has 6 rings (SSSR count). The van der Waals surface area contributed by atoms with Crippen molar-refractivity contribution in [2.24, 2.45) is 18.9 Å². The van der Waals surface area contributed by atoms with E-state index in [2.05, 4.69) is 15.6 Å². The van der Waals surface area contributed by atoms with Crippen LogP contribution in [0.4, 0.5) is 30.2 Å². The number of nitriles is 1. The highest BCUT2D eigenvalue weighted by Crippen LogP contribution is 2.41. The van der Waals surface area contributed by atoms with E-state index in [9.17, 15) is 28.0 Å². The van der Waals surface area contributed by atoms with Gasteiger partial charge in [-0.3, -0.25) is 9.59 Å². The van der Waals surface area contributed by atoms with Crippen LogP contribution in [0, 0.1) is 23.2 Å². The standard InChI is InChI=1S/C27H24ClF3N6O3/c1-36-21-5-4-15(8-16(21)22-23(26(36)39)40-7-6-18(34-22)13-2-3-13)33-19-9-20(35-24(28)17(19)10-32)25(38)37-11-14(12-37)27(29,30)31/h4-5,8-9,13-14,18,34H,2-3,6-7,11-12H2,1H3,(H,33,35)/t18-/m1/s1. The Balaban J connectivity index is 1.36. The van der Waals surface area contributed by atoms with E-state index in [1.165, 1.54) is 10.6 Å². The Bertz CT molecular complexity index is 1640. The van der Waals surface area contributed by atoms with Gasteiger partial charge in [0.2, 0.25) is 5.75 Å². The van der Waals surface area contributed by atoms with Gasteiger partial charge < -0.3 is 24.8 Å². The predicted octanol–water partition coefficient (Wildman–Crippen LogP) is 4.81. The molecule has 40 heavy (non-hydrogen) atoms. The maximum atomic E-state index is 13.1. The lowest BCUT2D eigenvalue weighted by atomic mass is 9.99. The summed E-state index contributed by atoms with van der Waals surface area (Å²) in [6.07, 6.45) is -1.36. The van der Waals surface area contributed by atoms with Gasteiger partial charge in [0.05, 0.1) is 29.4 Å². The number of pyridine rings is 2. The second-order valence-electron chi connectivity index (χ2n) is 10.4. The van der Waals surface area contributed by atoms with Gasteiger partial charge in [0.25, 0.3) is 11.5 Å². The normalized spacial score (nSPS) is 19.1. The second-order valence-corrected chi connectivity index (χ2v) is 10.8. The molecule has 1 saturated carbocycles. The van der Waals surface area contributed by atoms with Crippen LogP contribution in [0.15, 0.2) is 29.1 Å². The van der Waals surface area contributed by atoms with Crippen molar-refractivity contribution >= 4 is 45.5 Å². The minimum Gasteiger partial charge on any atom is -0.486 e. The van der Waals surface area contributed by atoms with Crippen LogP contribution in [0.25, 0.3) is 10.9 Å². The number of halogens is 4. The number of benzene rings is 1. The molecule has 0 radical (unpaired) electrons. The Labute approximate surface area is 231 Å². The summed E-state index contributed by atoms with van der Waals surface area (Å²) in [7, 11) is 1.66. The van der Waals surface area contributed by atoms with E-state index in [1.54, 1.807) is 25.2 Å². The summed E-state index contributed by atoms with van der Waals surface area (Å²) < 4.78 is 46.1. The fraction of sp³-hybridized carbons (Fsp3) is 0.407. The Kier molecular flexibility index (Phi) is 6.29. The van der Waals surface area contributed by atoms with Crippen molar-refractivity contribution in [2.75, 3.05) is 30.3 Å². The lowest BCUT2D eigenvalue weighted by molar-refractivity contribution is -0.202. The van der Waals surface area contributed by atoms with E-state index in [0.717, 1.165) is 29.5 Å². The molecule has 4 heterocycles. The minimum absolute atomic E-state index is 0.0235. The van der Waals surface area contributed by atoms with Gasteiger partial charge in [-0.25, -0.2) is 4.98 Å². The summed E-state index contributed by atoms with van der Waals surface area (Å²) in [6, 6.07) is 8.74. The third-order valence-electron chi connectivity index (χ3n) is 7.77. The number of ether oxygens (including phenoxy) is 1. The zero-order valence-corrected chi connectivity index (χ0v) is 22.1. The van der Waals surface area contributed by atoms with Gasteiger partial charge in [-0.15, -0.1) is 0 Å². The molecular formula is C27H24ClF3N6O3. The number of aromatic nitrogens is 2. The van der Waals surface area contributed by atoms with Crippen LogP contribution in [-0.2, 0) is 7.05 Å². The number of hydrogen-bond acceptors (Lipinski definition) is 7. The first-order chi connectivity index (χ1) is 19.0. The number of anilines is 3. The lowest BCUT2D eigenvalue weighted by Gasteiger charge is -2.39. The third-order valence-corrected chi connectivity index (χ3v) is 8.04. The molecule has 1 amide bonds. The summed E-state index contributed by atoms with van der Waals surface area (Å²) >= 11 is 6.22. The van der Waals surface area contributed by atoms with E-state index in [1.807, 2.05) is 6.07 Å². The maximum absolute atomic E-state index is 13.1. The fourth-order valence-corrected chi connectivity index (χ4v) is 5.50. The number of fused-ring (bicyclic) bond motifs is 3. The van der Waals surface area contributed by atoms with Crippen LogP contribution in [0.3, 0.4) is 0 Å².